The maximum absolute atomic E-state index is 12.0. The van der Waals surface area contributed by atoms with Crippen LogP contribution < -0.4 is 15.4 Å². The fourth-order valence-corrected chi connectivity index (χ4v) is 2.24. The number of amides is 1. The van der Waals surface area contributed by atoms with E-state index in [9.17, 15) is 4.79 Å². The molecule has 0 saturated carbocycles. The van der Waals surface area contributed by atoms with Gasteiger partial charge in [-0.1, -0.05) is 35.9 Å². The first kappa shape index (κ1) is 17.0. The van der Waals surface area contributed by atoms with E-state index in [1.807, 2.05) is 62.4 Å². The van der Waals surface area contributed by atoms with Crippen molar-refractivity contribution in [3.05, 3.63) is 65.2 Å². The Morgan fingerprint density at radius 2 is 1.78 bits per heavy atom. The number of rotatable bonds is 8. The van der Waals surface area contributed by atoms with Crippen LogP contribution in [0.5, 0.6) is 5.75 Å². The molecule has 0 aromatic heterocycles. The molecule has 0 bridgehead atoms. The molecule has 0 fully saturated rings. The summed E-state index contributed by atoms with van der Waals surface area (Å²) in [7, 11) is 0. The summed E-state index contributed by atoms with van der Waals surface area (Å²) in [6.45, 7) is 6.65. The van der Waals surface area contributed by atoms with Gasteiger partial charge in [0, 0.05) is 30.8 Å². The van der Waals surface area contributed by atoms with Gasteiger partial charge in [-0.2, -0.15) is 0 Å². The van der Waals surface area contributed by atoms with Crippen LogP contribution in [0.2, 0.25) is 0 Å². The number of hydrogen-bond donors (Lipinski definition) is 2. The van der Waals surface area contributed by atoms with Crippen molar-refractivity contribution in [3.8, 4) is 5.75 Å². The van der Waals surface area contributed by atoms with Crippen molar-refractivity contribution in [1.82, 2.24) is 10.6 Å². The van der Waals surface area contributed by atoms with Gasteiger partial charge in [-0.25, -0.2) is 0 Å². The largest absolute Gasteiger partial charge is 0.494 e. The molecular formula is C19H24N2O2. The first-order valence-corrected chi connectivity index (χ1v) is 7.97. The highest BCUT2D eigenvalue weighted by atomic mass is 16.5. The van der Waals surface area contributed by atoms with Gasteiger partial charge in [0.05, 0.1) is 6.61 Å². The third-order valence-corrected chi connectivity index (χ3v) is 3.49. The molecule has 0 radical (unpaired) electrons. The zero-order valence-corrected chi connectivity index (χ0v) is 13.8. The number of aryl methyl sites for hydroxylation is 1. The number of carbonyl (C=O) groups excluding carboxylic acids is 1. The van der Waals surface area contributed by atoms with Crippen molar-refractivity contribution in [2.24, 2.45) is 0 Å². The van der Waals surface area contributed by atoms with Crippen LogP contribution >= 0.6 is 0 Å². The van der Waals surface area contributed by atoms with Crippen molar-refractivity contribution in [2.75, 3.05) is 19.7 Å². The Morgan fingerprint density at radius 3 is 2.52 bits per heavy atom. The van der Waals surface area contributed by atoms with E-state index in [0.717, 1.165) is 23.4 Å². The summed E-state index contributed by atoms with van der Waals surface area (Å²) in [6, 6.07) is 15.6. The minimum absolute atomic E-state index is 0.0403. The summed E-state index contributed by atoms with van der Waals surface area (Å²) < 4.78 is 5.59. The summed E-state index contributed by atoms with van der Waals surface area (Å²) in [5.74, 6) is 0.868. The van der Waals surface area contributed by atoms with Crippen molar-refractivity contribution < 1.29 is 9.53 Å². The smallest absolute Gasteiger partial charge is 0.251 e. The second kappa shape index (κ2) is 8.96. The van der Waals surface area contributed by atoms with Gasteiger partial charge in [-0.15, -0.1) is 0 Å². The fourth-order valence-electron chi connectivity index (χ4n) is 2.24. The van der Waals surface area contributed by atoms with Crippen molar-refractivity contribution in [1.29, 1.82) is 0 Å². The van der Waals surface area contributed by atoms with Crippen LogP contribution in [-0.2, 0) is 6.54 Å². The molecule has 0 unspecified atom stereocenters. The molecule has 2 rings (SSSR count). The van der Waals surface area contributed by atoms with Gasteiger partial charge < -0.3 is 15.4 Å². The Labute approximate surface area is 137 Å². The number of hydrogen-bond acceptors (Lipinski definition) is 3. The highest BCUT2D eigenvalue weighted by molar-refractivity contribution is 5.94. The Kier molecular flexibility index (Phi) is 6.63. The Morgan fingerprint density at radius 1 is 1.04 bits per heavy atom. The number of benzene rings is 2. The Bertz CT molecular complexity index is 624. The van der Waals surface area contributed by atoms with Crippen LogP contribution in [0.4, 0.5) is 0 Å². The van der Waals surface area contributed by atoms with E-state index in [1.165, 1.54) is 0 Å². The van der Waals surface area contributed by atoms with Gasteiger partial charge in [0.15, 0.2) is 0 Å². The van der Waals surface area contributed by atoms with Crippen LogP contribution in [0.3, 0.4) is 0 Å². The van der Waals surface area contributed by atoms with Crippen molar-refractivity contribution >= 4 is 5.91 Å². The molecule has 4 nitrogen and oxygen atoms in total. The monoisotopic (exact) mass is 312 g/mol. The lowest BCUT2D eigenvalue weighted by Crippen LogP contribution is -2.31. The van der Waals surface area contributed by atoms with Gasteiger partial charge in [-0.05, 0) is 32.0 Å². The third kappa shape index (κ3) is 5.42. The molecule has 2 N–H and O–H groups in total. The number of carbonyl (C=O) groups is 1. The SMILES string of the molecule is CCOc1ccccc1CNCCNC(=O)c1ccc(C)cc1. The average Bonchev–Trinajstić information content (AvgIpc) is 2.56. The Hall–Kier alpha value is -2.33. The van der Waals surface area contributed by atoms with Gasteiger partial charge in [0.25, 0.3) is 5.91 Å². The van der Waals surface area contributed by atoms with E-state index in [-0.39, 0.29) is 5.91 Å². The van der Waals surface area contributed by atoms with Gasteiger partial charge in [0.2, 0.25) is 0 Å². The molecule has 0 heterocycles. The minimum Gasteiger partial charge on any atom is -0.494 e. The first-order valence-electron chi connectivity index (χ1n) is 7.97. The molecule has 0 saturated heterocycles. The topological polar surface area (TPSA) is 50.4 Å². The zero-order valence-electron chi connectivity index (χ0n) is 13.8. The van der Waals surface area contributed by atoms with Gasteiger partial charge in [-0.3, -0.25) is 4.79 Å². The first-order chi connectivity index (χ1) is 11.2. The predicted octanol–water partition coefficient (Wildman–Crippen LogP) is 2.91. The summed E-state index contributed by atoms with van der Waals surface area (Å²) in [5, 5.41) is 6.23. The highest BCUT2D eigenvalue weighted by Gasteiger charge is 2.04. The maximum Gasteiger partial charge on any atom is 0.251 e. The van der Waals surface area contributed by atoms with E-state index >= 15 is 0 Å². The predicted molar refractivity (Wildman–Crippen MR) is 92.8 cm³/mol. The van der Waals surface area contributed by atoms with E-state index in [4.69, 9.17) is 4.74 Å². The van der Waals surface area contributed by atoms with Crippen LogP contribution in [0.1, 0.15) is 28.4 Å². The van der Waals surface area contributed by atoms with E-state index in [0.29, 0.717) is 25.3 Å². The van der Waals surface area contributed by atoms with Crippen LogP contribution in [0, 0.1) is 6.92 Å². The quantitative estimate of drug-likeness (QED) is 0.737. The molecule has 0 atom stereocenters. The average molecular weight is 312 g/mol. The van der Waals surface area contributed by atoms with Crippen LogP contribution in [0.15, 0.2) is 48.5 Å². The third-order valence-electron chi connectivity index (χ3n) is 3.49. The molecular weight excluding hydrogens is 288 g/mol. The van der Waals surface area contributed by atoms with Crippen molar-refractivity contribution in [2.45, 2.75) is 20.4 Å². The van der Waals surface area contributed by atoms with Gasteiger partial charge >= 0.3 is 0 Å². The highest BCUT2D eigenvalue weighted by Crippen LogP contribution is 2.17. The van der Waals surface area contributed by atoms with E-state index < -0.39 is 0 Å². The lowest BCUT2D eigenvalue weighted by molar-refractivity contribution is 0.0954. The second-order valence-electron chi connectivity index (χ2n) is 5.34. The maximum atomic E-state index is 12.0. The summed E-state index contributed by atoms with van der Waals surface area (Å²) in [5.41, 5.74) is 2.97. The fraction of sp³-hybridized carbons (Fsp3) is 0.316. The normalized spacial score (nSPS) is 10.3. The Balaban J connectivity index is 1.71. The van der Waals surface area contributed by atoms with Gasteiger partial charge in [0.1, 0.15) is 5.75 Å². The molecule has 4 heteroatoms. The van der Waals surface area contributed by atoms with Crippen LogP contribution in [0.25, 0.3) is 0 Å². The molecule has 1 amide bonds. The van der Waals surface area contributed by atoms with E-state index in [1.54, 1.807) is 0 Å². The van der Waals surface area contributed by atoms with Crippen LogP contribution in [-0.4, -0.2) is 25.6 Å². The molecule has 0 spiro atoms. The summed E-state index contributed by atoms with van der Waals surface area (Å²) in [4.78, 5) is 12.0. The van der Waals surface area contributed by atoms with E-state index in [2.05, 4.69) is 10.6 Å². The standard InChI is InChI=1S/C19H24N2O2/c1-3-23-18-7-5-4-6-17(18)14-20-12-13-21-19(22)16-10-8-15(2)9-11-16/h4-11,20H,3,12-14H2,1-2H3,(H,21,22). The second-order valence-corrected chi connectivity index (χ2v) is 5.34. The molecule has 2 aromatic rings. The zero-order chi connectivity index (χ0) is 16.5. The molecule has 122 valence electrons. The molecule has 0 aliphatic carbocycles. The molecule has 0 aliphatic rings. The number of ether oxygens (including phenoxy) is 1. The number of para-hydroxylation sites is 1. The molecule has 23 heavy (non-hydrogen) atoms. The molecule has 0 aliphatic heterocycles. The van der Waals surface area contributed by atoms with Crippen molar-refractivity contribution in [3.63, 3.8) is 0 Å². The minimum atomic E-state index is -0.0403. The lowest BCUT2D eigenvalue weighted by Gasteiger charge is -2.11. The lowest BCUT2D eigenvalue weighted by atomic mass is 10.1. The summed E-state index contributed by atoms with van der Waals surface area (Å²) >= 11 is 0. The number of nitrogens with one attached hydrogen (secondary N) is 2. The summed E-state index contributed by atoms with van der Waals surface area (Å²) in [6.07, 6.45) is 0. The molecule has 2 aromatic carbocycles.